The standard InChI is InChI=1S/C18H26N4O4S/c1-20(2)27(25,26)21-11-3-5-14(13-21)18(24)19-15-7-9-16(10-8-15)22-12-4-6-17(22)23/h7-10,14H,3-6,11-13H2,1-2H3,(H,19,24). The zero-order chi connectivity index (χ0) is 19.6. The Kier molecular flexibility index (Phi) is 5.83. The highest BCUT2D eigenvalue weighted by Gasteiger charge is 2.33. The summed E-state index contributed by atoms with van der Waals surface area (Å²) in [7, 11) is -0.527. The Morgan fingerprint density at radius 1 is 1.15 bits per heavy atom. The second-order valence-corrected chi connectivity index (χ2v) is 9.31. The number of hydrogen-bond acceptors (Lipinski definition) is 4. The number of rotatable bonds is 5. The van der Waals surface area contributed by atoms with Crippen molar-refractivity contribution in [1.82, 2.24) is 8.61 Å². The second-order valence-electron chi connectivity index (χ2n) is 7.17. The van der Waals surface area contributed by atoms with Crippen LogP contribution in [0.5, 0.6) is 0 Å². The van der Waals surface area contributed by atoms with Gasteiger partial charge in [-0.1, -0.05) is 0 Å². The van der Waals surface area contributed by atoms with E-state index in [1.54, 1.807) is 17.0 Å². The Morgan fingerprint density at radius 3 is 2.44 bits per heavy atom. The monoisotopic (exact) mass is 394 g/mol. The summed E-state index contributed by atoms with van der Waals surface area (Å²) in [6.45, 7) is 1.35. The van der Waals surface area contributed by atoms with Crippen molar-refractivity contribution in [2.75, 3.05) is 43.9 Å². The second kappa shape index (κ2) is 7.95. The van der Waals surface area contributed by atoms with Gasteiger partial charge in [-0.15, -0.1) is 0 Å². The number of nitrogens with zero attached hydrogens (tertiary/aromatic N) is 3. The minimum absolute atomic E-state index is 0.121. The molecule has 0 bridgehead atoms. The molecule has 3 rings (SSSR count). The molecule has 8 nitrogen and oxygen atoms in total. The molecule has 2 heterocycles. The highest BCUT2D eigenvalue weighted by atomic mass is 32.2. The molecule has 0 aliphatic carbocycles. The third kappa shape index (κ3) is 4.31. The van der Waals surface area contributed by atoms with Gasteiger partial charge >= 0.3 is 0 Å². The van der Waals surface area contributed by atoms with E-state index in [1.807, 2.05) is 12.1 Å². The van der Waals surface area contributed by atoms with Gasteiger partial charge < -0.3 is 10.2 Å². The van der Waals surface area contributed by atoms with Crippen LogP contribution in [0.4, 0.5) is 11.4 Å². The van der Waals surface area contributed by atoms with E-state index in [9.17, 15) is 18.0 Å². The third-order valence-electron chi connectivity index (χ3n) is 5.06. The lowest BCUT2D eigenvalue weighted by Gasteiger charge is -2.32. The average molecular weight is 394 g/mol. The molecule has 1 unspecified atom stereocenters. The van der Waals surface area contributed by atoms with Gasteiger partial charge in [-0.05, 0) is 43.5 Å². The lowest BCUT2D eigenvalue weighted by atomic mass is 9.98. The van der Waals surface area contributed by atoms with Crippen LogP contribution in [-0.4, -0.2) is 62.6 Å². The first-order valence-electron chi connectivity index (χ1n) is 9.18. The van der Waals surface area contributed by atoms with Crippen molar-refractivity contribution in [3.63, 3.8) is 0 Å². The molecule has 1 atom stereocenters. The fourth-order valence-electron chi connectivity index (χ4n) is 3.49. The molecule has 27 heavy (non-hydrogen) atoms. The lowest BCUT2D eigenvalue weighted by Crippen LogP contribution is -2.47. The van der Waals surface area contributed by atoms with Gasteiger partial charge in [0.2, 0.25) is 11.8 Å². The first kappa shape index (κ1) is 19.8. The number of hydrogen-bond donors (Lipinski definition) is 1. The molecule has 0 saturated carbocycles. The van der Waals surface area contributed by atoms with E-state index in [1.165, 1.54) is 22.7 Å². The SMILES string of the molecule is CN(C)S(=O)(=O)N1CCCC(C(=O)Nc2ccc(N3CCCC3=O)cc2)C1. The molecule has 9 heteroatoms. The van der Waals surface area contributed by atoms with Crippen LogP contribution in [-0.2, 0) is 19.8 Å². The van der Waals surface area contributed by atoms with Crippen LogP contribution in [0.15, 0.2) is 24.3 Å². The van der Waals surface area contributed by atoms with Gasteiger partial charge in [0, 0.05) is 51.5 Å². The predicted molar refractivity (Wildman–Crippen MR) is 104 cm³/mol. The van der Waals surface area contributed by atoms with Crippen LogP contribution in [0.25, 0.3) is 0 Å². The highest BCUT2D eigenvalue weighted by Crippen LogP contribution is 2.25. The topological polar surface area (TPSA) is 90.0 Å². The zero-order valence-corrected chi connectivity index (χ0v) is 16.5. The molecule has 2 amide bonds. The fourth-order valence-corrected chi connectivity index (χ4v) is 4.68. The fraction of sp³-hybridized carbons (Fsp3) is 0.556. The van der Waals surface area contributed by atoms with Crippen LogP contribution in [0, 0.1) is 5.92 Å². The number of nitrogens with one attached hydrogen (secondary N) is 1. The van der Waals surface area contributed by atoms with Gasteiger partial charge in [-0.3, -0.25) is 9.59 Å². The molecule has 1 aromatic carbocycles. The molecule has 0 aromatic heterocycles. The van der Waals surface area contributed by atoms with E-state index in [0.29, 0.717) is 31.5 Å². The van der Waals surface area contributed by atoms with Crippen molar-refractivity contribution >= 4 is 33.4 Å². The molecule has 1 aromatic rings. The van der Waals surface area contributed by atoms with E-state index < -0.39 is 10.2 Å². The van der Waals surface area contributed by atoms with Crippen molar-refractivity contribution in [1.29, 1.82) is 0 Å². The van der Waals surface area contributed by atoms with Gasteiger partial charge in [0.15, 0.2) is 0 Å². The van der Waals surface area contributed by atoms with E-state index in [2.05, 4.69) is 5.32 Å². The minimum atomic E-state index is -3.51. The zero-order valence-electron chi connectivity index (χ0n) is 15.7. The maximum atomic E-state index is 12.6. The Hall–Kier alpha value is -1.97. The molecular weight excluding hydrogens is 368 g/mol. The number of benzene rings is 1. The van der Waals surface area contributed by atoms with Crippen LogP contribution in [0.1, 0.15) is 25.7 Å². The summed E-state index contributed by atoms with van der Waals surface area (Å²) in [5.74, 6) is -0.442. The largest absolute Gasteiger partial charge is 0.326 e. The molecule has 2 fully saturated rings. The molecule has 1 N–H and O–H groups in total. The van der Waals surface area contributed by atoms with Gasteiger partial charge in [0.25, 0.3) is 10.2 Å². The number of carbonyl (C=O) groups excluding carboxylic acids is 2. The summed E-state index contributed by atoms with van der Waals surface area (Å²) in [5.41, 5.74) is 1.47. The molecule has 148 valence electrons. The van der Waals surface area contributed by atoms with Gasteiger partial charge in [0.05, 0.1) is 5.92 Å². The molecular formula is C18H26N4O4S. The van der Waals surface area contributed by atoms with E-state index >= 15 is 0 Å². The number of piperidine rings is 1. The van der Waals surface area contributed by atoms with E-state index in [-0.39, 0.29) is 24.3 Å². The summed E-state index contributed by atoms with van der Waals surface area (Å²) < 4.78 is 27.1. The number of amides is 2. The summed E-state index contributed by atoms with van der Waals surface area (Å²) in [4.78, 5) is 26.1. The lowest BCUT2D eigenvalue weighted by molar-refractivity contribution is -0.121. The van der Waals surface area contributed by atoms with Crippen molar-refractivity contribution in [3.8, 4) is 0 Å². The molecule has 0 spiro atoms. The smallest absolute Gasteiger partial charge is 0.281 e. The highest BCUT2D eigenvalue weighted by molar-refractivity contribution is 7.86. The van der Waals surface area contributed by atoms with Gasteiger partial charge in [-0.2, -0.15) is 17.0 Å². The maximum Gasteiger partial charge on any atom is 0.281 e. The van der Waals surface area contributed by atoms with Crippen molar-refractivity contribution in [2.45, 2.75) is 25.7 Å². The summed E-state index contributed by atoms with van der Waals surface area (Å²) in [5, 5.41) is 2.86. The minimum Gasteiger partial charge on any atom is -0.326 e. The normalized spacial score (nSPS) is 21.7. The van der Waals surface area contributed by atoms with Crippen LogP contribution in [0.2, 0.25) is 0 Å². The van der Waals surface area contributed by atoms with Crippen LogP contribution < -0.4 is 10.2 Å². The maximum absolute atomic E-state index is 12.6. The summed E-state index contributed by atoms with van der Waals surface area (Å²) in [6, 6.07) is 7.19. The van der Waals surface area contributed by atoms with E-state index in [0.717, 1.165) is 18.7 Å². The van der Waals surface area contributed by atoms with Crippen LogP contribution in [0.3, 0.4) is 0 Å². The van der Waals surface area contributed by atoms with Crippen molar-refractivity contribution in [2.24, 2.45) is 5.92 Å². The summed E-state index contributed by atoms with van der Waals surface area (Å²) >= 11 is 0. The Bertz CT molecular complexity index is 807. The third-order valence-corrected chi connectivity index (χ3v) is 6.97. The van der Waals surface area contributed by atoms with Crippen LogP contribution >= 0.6 is 0 Å². The first-order valence-corrected chi connectivity index (χ1v) is 10.6. The van der Waals surface area contributed by atoms with Crippen molar-refractivity contribution < 1.29 is 18.0 Å². The molecule has 2 saturated heterocycles. The quantitative estimate of drug-likeness (QED) is 0.814. The Balaban J connectivity index is 1.62. The molecule has 0 radical (unpaired) electrons. The number of anilines is 2. The average Bonchev–Trinajstić information content (AvgIpc) is 3.08. The van der Waals surface area contributed by atoms with Crippen molar-refractivity contribution in [3.05, 3.63) is 24.3 Å². The van der Waals surface area contributed by atoms with E-state index in [4.69, 9.17) is 0 Å². The number of carbonyl (C=O) groups is 2. The Morgan fingerprint density at radius 2 is 1.85 bits per heavy atom. The Labute approximate surface area is 160 Å². The molecule has 2 aliphatic rings. The molecule has 2 aliphatic heterocycles. The summed E-state index contributed by atoms with van der Waals surface area (Å²) in [6.07, 6.45) is 2.75. The van der Waals surface area contributed by atoms with Gasteiger partial charge in [-0.25, -0.2) is 0 Å². The predicted octanol–water partition coefficient (Wildman–Crippen LogP) is 1.27. The first-order chi connectivity index (χ1) is 12.8. The van der Waals surface area contributed by atoms with Gasteiger partial charge in [0.1, 0.15) is 0 Å².